The van der Waals surface area contributed by atoms with Crippen molar-refractivity contribution >= 4 is 15.7 Å². The van der Waals surface area contributed by atoms with Crippen LogP contribution >= 0.6 is 0 Å². The number of aromatic nitrogens is 4. The van der Waals surface area contributed by atoms with Crippen molar-refractivity contribution in [1.82, 2.24) is 25.5 Å². The Bertz CT molecular complexity index is 1510. The second-order valence-corrected chi connectivity index (χ2v) is 11.8. The van der Waals surface area contributed by atoms with Crippen LogP contribution in [-0.4, -0.2) is 74.5 Å². The number of anilines is 1. The molecule has 13 heteroatoms. The van der Waals surface area contributed by atoms with E-state index in [0.717, 1.165) is 5.56 Å². The van der Waals surface area contributed by atoms with E-state index >= 15 is 0 Å². The Balaban J connectivity index is 1.53. The first kappa shape index (κ1) is 28.3. The summed E-state index contributed by atoms with van der Waals surface area (Å²) in [6, 6.07) is 13.5. The number of benzene rings is 2. The molecule has 4 aromatic rings. The maximum Gasteiger partial charge on any atom is 0.270 e. The van der Waals surface area contributed by atoms with E-state index in [1.807, 2.05) is 0 Å². The van der Waals surface area contributed by atoms with Crippen LogP contribution in [0.25, 0.3) is 34.3 Å². The molecule has 206 valence electrons. The van der Waals surface area contributed by atoms with Crippen LogP contribution in [0.2, 0.25) is 0 Å². The van der Waals surface area contributed by atoms with E-state index in [0.29, 0.717) is 23.4 Å². The Hall–Kier alpha value is -3.75. The van der Waals surface area contributed by atoms with Gasteiger partial charge in [0.15, 0.2) is 21.3 Å². The third-order valence-corrected chi connectivity index (χ3v) is 8.47. The zero-order valence-corrected chi connectivity index (χ0v) is 22.3. The van der Waals surface area contributed by atoms with Crippen LogP contribution in [-0.2, 0) is 16.4 Å². The van der Waals surface area contributed by atoms with Gasteiger partial charge in [0, 0.05) is 17.7 Å². The van der Waals surface area contributed by atoms with E-state index in [2.05, 4.69) is 25.5 Å². The Morgan fingerprint density at radius 1 is 0.923 bits per heavy atom. The van der Waals surface area contributed by atoms with Gasteiger partial charge in [0.2, 0.25) is 5.89 Å². The first-order valence-corrected chi connectivity index (χ1v) is 13.6. The number of aliphatic hydroxyl groups is 3. The van der Waals surface area contributed by atoms with E-state index in [9.17, 15) is 23.7 Å². The van der Waals surface area contributed by atoms with Crippen LogP contribution in [0, 0.1) is 0 Å². The summed E-state index contributed by atoms with van der Waals surface area (Å²) in [5, 5.41) is 39.0. The number of rotatable bonds is 11. The van der Waals surface area contributed by atoms with Crippen LogP contribution in [0.4, 0.5) is 5.82 Å². The van der Waals surface area contributed by atoms with E-state index in [4.69, 9.17) is 10.2 Å². The monoisotopic (exact) mass is 554 g/mol. The summed E-state index contributed by atoms with van der Waals surface area (Å²) < 4.78 is 30.6. The first-order valence-electron chi connectivity index (χ1n) is 12.1. The lowest BCUT2D eigenvalue weighted by Crippen LogP contribution is -2.54. The second kappa shape index (κ2) is 11.6. The molecule has 0 aliphatic carbocycles. The van der Waals surface area contributed by atoms with Crippen LogP contribution < -0.4 is 11.1 Å². The molecule has 0 bridgehead atoms. The molecular weight excluding hydrogens is 524 g/mol. The van der Waals surface area contributed by atoms with Gasteiger partial charge in [-0.2, -0.15) is 0 Å². The fraction of sp³-hybridized carbons (Fsp3) is 0.308. The van der Waals surface area contributed by atoms with Crippen molar-refractivity contribution in [2.24, 2.45) is 0 Å². The molecule has 6 N–H and O–H groups in total. The summed E-state index contributed by atoms with van der Waals surface area (Å²) in [5.41, 5.74) is 7.63. The van der Waals surface area contributed by atoms with Crippen molar-refractivity contribution in [3.05, 3.63) is 60.3 Å². The van der Waals surface area contributed by atoms with Crippen LogP contribution in [0.1, 0.15) is 19.4 Å². The van der Waals surface area contributed by atoms with Crippen LogP contribution in [0.5, 0.6) is 0 Å². The fourth-order valence-electron chi connectivity index (χ4n) is 3.59. The minimum Gasteiger partial charge on any atom is -0.414 e. The van der Waals surface area contributed by atoms with Gasteiger partial charge in [-0.1, -0.05) is 24.3 Å². The number of hydrogen-bond donors (Lipinski definition) is 5. The van der Waals surface area contributed by atoms with Gasteiger partial charge in [-0.05, 0) is 43.7 Å². The number of aliphatic hydroxyl groups excluding tert-OH is 3. The normalized spacial score (nSPS) is 12.3. The van der Waals surface area contributed by atoms with Gasteiger partial charge in [0.25, 0.3) is 5.89 Å². The van der Waals surface area contributed by atoms with Crippen molar-refractivity contribution in [3.63, 3.8) is 0 Å². The van der Waals surface area contributed by atoms with Gasteiger partial charge in [-0.3, -0.25) is 0 Å². The van der Waals surface area contributed by atoms with E-state index in [1.165, 1.54) is 18.3 Å². The van der Waals surface area contributed by atoms with Crippen molar-refractivity contribution in [1.29, 1.82) is 0 Å². The van der Waals surface area contributed by atoms with Gasteiger partial charge in [0.05, 0.1) is 47.4 Å². The number of nitrogen functional groups attached to an aromatic ring is 1. The molecule has 0 fully saturated rings. The summed E-state index contributed by atoms with van der Waals surface area (Å²) in [6.45, 7) is 2.32. The molecule has 0 amide bonds. The number of nitrogens with zero attached hydrogens (tertiary/aromatic N) is 4. The molecule has 4 rings (SSSR count). The Labute approximate surface area is 225 Å². The number of nitrogens with one attached hydrogen (secondary N) is 1. The standard InChI is InChI=1S/C26H30N6O6S/c1-16(2)39(36,37)20-9-7-18(8-10-20)21-12-28-23(27)22(30-21)25-32-31-24(38-25)19-5-3-17(4-6-19)11-29-26(13-33,14-34)15-35/h3-10,12,16,29,33-35H,11,13-15H2,1-2H3,(H2,27,28). The SMILES string of the molecule is CC(C)S(=O)(=O)c1ccc(-c2cnc(N)c(-c3nnc(-c4ccc(CNC(CO)(CO)CO)cc4)o3)n2)cc1. The second-order valence-electron chi connectivity index (χ2n) is 9.32. The summed E-state index contributed by atoms with van der Waals surface area (Å²) >= 11 is 0. The predicted octanol–water partition coefficient (Wildman–Crippen LogP) is 1.43. The van der Waals surface area contributed by atoms with E-state index in [-0.39, 0.29) is 28.2 Å². The highest BCUT2D eigenvalue weighted by atomic mass is 32.2. The topological polar surface area (TPSA) is 198 Å². The zero-order chi connectivity index (χ0) is 28.2. The number of sulfone groups is 1. The Morgan fingerprint density at radius 2 is 1.51 bits per heavy atom. The third-order valence-electron chi connectivity index (χ3n) is 6.30. The minimum atomic E-state index is -3.40. The van der Waals surface area contributed by atoms with Gasteiger partial charge >= 0.3 is 0 Å². The maximum atomic E-state index is 12.4. The third kappa shape index (κ3) is 5.97. The van der Waals surface area contributed by atoms with Crippen molar-refractivity contribution in [2.75, 3.05) is 25.6 Å². The molecule has 0 aliphatic rings. The van der Waals surface area contributed by atoms with Crippen molar-refractivity contribution < 1.29 is 28.2 Å². The highest BCUT2D eigenvalue weighted by Crippen LogP contribution is 2.29. The molecule has 2 aromatic carbocycles. The molecule has 0 unspecified atom stereocenters. The van der Waals surface area contributed by atoms with E-state index in [1.54, 1.807) is 50.2 Å². The Kier molecular flexibility index (Phi) is 8.37. The maximum absolute atomic E-state index is 12.4. The lowest BCUT2D eigenvalue weighted by molar-refractivity contribution is 0.0414. The van der Waals surface area contributed by atoms with Gasteiger partial charge in [-0.15, -0.1) is 10.2 Å². The lowest BCUT2D eigenvalue weighted by Gasteiger charge is -2.28. The van der Waals surface area contributed by atoms with Crippen molar-refractivity contribution in [2.45, 2.75) is 36.1 Å². The lowest BCUT2D eigenvalue weighted by atomic mass is 10.0. The fourth-order valence-corrected chi connectivity index (χ4v) is 4.65. The summed E-state index contributed by atoms with van der Waals surface area (Å²) in [6.07, 6.45) is 1.48. The number of hydrogen-bond acceptors (Lipinski definition) is 12. The molecule has 0 saturated carbocycles. The molecule has 0 atom stereocenters. The Morgan fingerprint density at radius 3 is 2.10 bits per heavy atom. The highest BCUT2D eigenvalue weighted by Gasteiger charge is 2.27. The van der Waals surface area contributed by atoms with Gasteiger partial charge < -0.3 is 30.8 Å². The summed E-state index contributed by atoms with van der Waals surface area (Å²) in [5.74, 6) is 0.393. The van der Waals surface area contributed by atoms with E-state index < -0.39 is 40.4 Å². The average molecular weight is 555 g/mol. The molecule has 0 radical (unpaired) electrons. The van der Waals surface area contributed by atoms with Crippen LogP contribution in [0.3, 0.4) is 0 Å². The van der Waals surface area contributed by atoms with Crippen LogP contribution in [0.15, 0.2) is 64.0 Å². The molecule has 12 nitrogen and oxygen atoms in total. The molecule has 0 spiro atoms. The molecular formula is C26H30N6O6S. The molecule has 0 saturated heterocycles. The highest BCUT2D eigenvalue weighted by molar-refractivity contribution is 7.92. The zero-order valence-electron chi connectivity index (χ0n) is 21.4. The predicted molar refractivity (Wildman–Crippen MR) is 144 cm³/mol. The molecule has 0 aliphatic heterocycles. The summed E-state index contributed by atoms with van der Waals surface area (Å²) in [7, 11) is -3.40. The average Bonchev–Trinajstić information content (AvgIpc) is 3.45. The largest absolute Gasteiger partial charge is 0.414 e. The number of nitrogens with two attached hydrogens (primary N) is 1. The minimum absolute atomic E-state index is 0.0696. The quantitative estimate of drug-likeness (QED) is 0.179. The first-order chi connectivity index (χ1) is 18.6. The van der Waals surface area contributed by atoms with Gasteiger partial charge in [-0.25, -0.2) is 18.4 Å². The molecule has 2 heterocycles. The summed E-state index contributed by atoms with van der Waals surface area (Å²) in [4.78, 5) is 8.95. The smallest absolute Gasteiger partial charge is 0.270 e. The van der Waals surface area contributed by atoms with Gasteiger partial charge in [0.1, 0.15) is 0 Å². The molecule has 2 aromatic heterocycles. The van der Waals surface area contributed by atoms with Crippen molar-refractivity contribution in [3.8, 4) is 34.3 Å². The molecule has 39 heavy (non-hydrogen) atoms.